The third-order valence-corrected chi connectivity index (χ3v) is 3.11. The number of nitrogens with one attached hydrogen (secondary N) is 1. The first-order valence-corrected chi connectivity index (χ1v) is 5.84. The van der Waals surface area contributed by atoms with E-state index in [0.29, 0.717) is 12.6 Å². The van der Waals surface area contributed by atoms with Crippen molar-refractivity contribution in [1.82, 2.24) is 25.1 Å². The lowest BCUT2D eigenvalue weighted by molar-refractivity contribution is 0.509. The van der Waals surface area contributed by atoms with Crippen molar-refractivity contribution in [3.05, 3.63) is 41.7 Å². The highest BCUT2D eigenvalue weighted by Gasteiger charge is 2.22. The van der Waals surface area contributed by atoms with Crippen LogP contribution in [-0.2, 0) is 20.0 Å². The lowest BCUT2D eigenvalue weighted by atomic mass is 10.2. The predicted molar refractivity (Wildman–Crippen MR) is 63.1 cm³/mol. The van der Waals surface area contributed by atoms with E-state index in [0.717, 1.165) is 18.7 Å². The monoisotopic (exact) mass is 229 g/mol. The minimum Gasteiger partial charge on any atom is -0.301 e. The number of pyridine rings is 1. The van der Waals surface area contributed by atoms with Gasteiger partial charge in [0.05, 0.1) is 18.3 Å². The summed E-state index contributed by atoms with van der Waals surface area (Å²) in [7, 11) is 1.88. The van der Waals surface area contributed by atoms with E-state index in [-0.39, 0.29) is 0 Å². The topological polar surface area (TPSA) is 55.6 Å². The summed E-state index contributed by atoms with van der Waals surface area (Å²) in [5.41, 5.74) is 2.54. The molecule has 1 aliphatic carbocycles. The Balaban J connectivity index is 1.68. The summed E-state index contributed by atoms with van der Waals surface area (Å²) < 4.78 is 1.72. The number of rotatable bonds is 3. The van der Waals surface area contributed by atoms with Gasteiger partial charge >= 0.3 is 0 Å². The van der Waals surface area contributed by atoms with Crippen molar-refractivity contribution >= 4 is 0 Å². The van der Waals surface area contributed by atoms with Crippen LogP contribution in [-0.4, -0.2) is 19.7 Å². The Labute approximate surface area is 99.9 Å². The van der Waals surface area contributed by atoms with Crippen LogP contribution < -0.4 is 5.32 Å². The van der Waals surface area contributed by atoms with Crippen LogP contribution in [0, 0.1) is 0 Å². The summed E-state index contributed by atoms with van der Waals surface area (Å²) in [5, 5.41) is 7.72. The molecule has 1 N–H and O–H groups in total. The van der Waals surface area contributed by atoms with Crippen molar-refractivity contribution < 1.29 is 0 Å². The number of aryl methyl sites for hydroxylation is 2. The van der Waals surface area contributed by atoms with Gasteiger partial charge in [0.15, 0.2) is 5.82 Å². The first-order valence-electron chi connectivity index (χ1n) is 5.84. The molecule has 1 unspecified atom stereocenters. The van der Waals surface area contributed by atoms with Crippen LogP contribution in [0.5, 0.6) is 0 Å². The first-order chi connectivity index (χ1) is 8.33. The van der Waals surface area contributed by atoms with E-state index in [2.05, 4.69) is 26.4 Å². The summed E-state index contributed by atoms with van der Waals surface area (Å²) in [5.74, 6) is 0.830. The fraction of sp³-hybridized carbons (Fsp3) is 0.417. The molecule has 0 amide bonds. The van der Waals surface area contributed by atoms with Crippen molar-refractivity contribution in [3.63, 3.8) is 0 Å². The minimum absolute atomic E-state index is 0.343. The van der Waals surface area contributed by atoms with E-state index in [1.165, 1.54) is 11.3 Å². The molecule has 88 valence electrons. The van der Waals surface area contributed by atoms with Gasteiger partial charge in [0.1, 0.15) is 6.33 Å². The van der Waals surface area contributed by atoms with E-state index < -0.39 is 0 Å². The van der Waals surface area contributed by atoms with Crippen LogP contribution in [0.2, 0.25) is 0 Å². The number of aromatic nitrogens is 4. The Morgan fingerprint density at radius 2 is 2.41 bits per heavy atom. The maximum absolute atomic E-state index is 4.45. The zero-order valence-corrected chi connectivity index (χ0v) is 9.80. The van der Waals surface area contributed by atoms with Gasteiger partial charge in [0.2, 0.25) is 0 Å². The molecule has 0 aliphatic heterocycles. The standard InChI is InChI=1S/C12H15N5/c1-17-8-15-11(16-17)7-14-10-5-4-9-3-2-6-13-12(9)10/h2-3,6,8,10,14H,4-5,7H2,1H3. The van der Waals surface area contributed by atoms with E-state index in [1.54, 1.807) is 11.0 Å². The third-order valence-electron chi connectivity index (χ3n) is 3.11. The molecule has 0 fully saturated rings. The van der Waals surface area contributed by atoms with E-state index in [9.17, 15) is 0 Å². The molecule has 1 atom stereocenters. The summed E-state index contributed by atoms with van der Waals surface area (Å²) in [6.07, 6.45) is 5.80. The van der Waals surface area contributed by atoms with Crippen LogP contribution in [0.25, 0.3) is 0 Å². The van der Waals surface area contributed by atoms with Crippen molar-refractivity contribution in [1.29, 1.82) is 0 Å². The Morgan fingerprint density at radius 3 is 3.24 bits per heavy atom. The van der Waals surface area contributed by atoms with Gasteiger partial charge < -0.3 is 5.32 Å². The zero-order chi connectivity index (χ0) is 11.7. The zero-order valence-electron chi connectivity index (χ0n) is 9.80. The maximum atomic E-state index is 4.45. The van der Waals surface area contributed by atoms with E-state index in [4.69, 9.17) is 0 Å². The molecule has 5 nitrogen and oxygen atoms in total. The molecular formula is C12H15N5. The second kappa shape index (κ2) is 4.25. The highest BCUT2D eigenvalue weighted by atomic mass is 15.3. The maximum Gasteiger partial charge on any atom is 0.164 e. The van der Waals surface area contributed by atoms with E-state index in [1.807, 2.05) is 19.3 Å². The smallest absolute Gasteiger partial charge is 0.164 e. The van der Waals surface area contributed by atoms with Gasteiger partial charge in [-0.05, 0) is 24.5 Å². The molecule has 2 aromatic heterocycles. The Bertz CT molecular complexity index is 519. The van der Waals surface area contributed by atoms with Crippen LogP contribution in [0.1, 0.15) is 29.5 Å². The van der Waals surface area contributed by atoms with Gasteiger partial charge in [-0.25, -0.2) is 4.98 Å². The summed E-state index contributed by atoms with van der Waals surface area (Å²) >= 11 is 0. The molecule has 0 spiro atoms. The van der Waals surface area contributed by atoms with Crippen LogP contribution in [0.3, 0.4) is 0 Å². The summed E-state index contributed by atoms with van der Waals surface area (Å²) in [4.78, 5) is 8.65. The largest absolute Gasteiger partial charge is 0.301 e. The number of hydrogen-bond donors (Lipinski definition) is 1. The second-order valence-corrected chi connectivity index (χ2v) is 4.35. The van der Waals surface area contributed by atoms with Gasteiger partial charge in [0.25, 0.3) is 0 Å². The summed E-state index contributed by atoms with van der Waals surface area (Å²) in [6, 6.07) is 4.50. The molecule has 0 radical (unpaired) electrons. The highest BCUT2D eigenvalue weighted by molar-refractivity contribution is 5.27. The Hall–Kier alpha value is -1.75. The average Bonchev–Trinajstić information content (AvgIpc) is 2.93. The number of nitrogens with zero attached hydrogens (tertiary/aromatic N) is 4. The summed E-state index contributed by atoms with van der Waals surface area (Å²) in [6.45, 7) is 0.696. The van der Waals surface area contributed by atoms with Gasteiger partial charge in [-0.15, -0.1) is 0 Å². The van der Waals surface area contributed by atoms with Crippen molar-refractivity contribution in [3.8, 4) is 0 Å². The molecule has 5 heteroatoms. The van der Waals surface area contributed by atoms with Gasteiger partial charge in [-0.3, -0.25) is 9.67 Å². The Morgan fingerprint density at radius 1 is 1.47 bits per heavy atom. The SMILES string of the molecule is Cn1cnc(CNC2CCc3cccnc32)n1. The number of hydrogen-bond acceptors (Lipinski definition) is 4. The molecule has 17 heavy (non-hydrogen) atoms. The Kier molecular flexibility index (Phi) is 2.60. The lowest BCUT2D eigenvalue weighted by Crippen LogP contribution is -2.20. The molecule has 3 rings (SSSR count). The van der Waals surface area contributed by atoms with Crippen molar-refractivity contribution in [2.24, 2.45) is 7.05 Å². The quantitative estimate of drug-likeness (QED) is 0.852. The second-order valence-electron chi connectivity index (χ2n) is 4.35. The van der Waals surface area contributed by atoms with Crippen molar-refractivity contribution in [2.75, 3.05) is 0 Å². The minimum atomic E-state index is 0.343. The fourth-order valence-corrected chi connectivity index (χ4v) is 2.29. The normalized spacial score (nSPS) is 18.3. The van der Waals surface area contributed by atoms with Gasteiger partial charge in [0, 0.05) is 13.2 Å². The van der Waals surface area contributed by atoms with Crippen LogP contribution >= 0.6 is 0 Å². The first kappa shape index (κ1) is 10.4. The predicted octanol–water partition coefficient (Wildman–Crippen LogP) is 0.987. The highest BCUT2D eigenvalue weighted by Crippen LogP contribution is 2.28. The molecular weight excluding hydrogens is 214 g/mol. The number of fused-ring (bicyclic) bond motifs is 1. The van der Waals surface area contributed by atoms with Crippen LogP contribution in [0.15, 0.2) is 24.7 Å². The molecule has 0 bridgehead atoms. The van der Waals surface area contributed by atoms with E-state index >= 15 is 0 Å². The van der Waals surface area contributed by atoms with Gasteiger partial charge in [-0.1, -0.05) is 6.07 Å². The fourth-order valence-electron chi connectivity index (χ4n) is 2.29. The molecule has 0 aromatic carbocycles. The van der Waals surface area contributed by atoms with Crippen molar-refractivity contribution in [2.45, 2.75) is 25.4 Å². The molecule has 0 saturated heterocycles. The molecule has 2 aromatic rings. The van der Waals surface area contributed by atoms with Gasteiger partial charge in [-0.2, -0.15) is 5.10 Å². The van der Waals surface area contributed by atoms with Crippen LogP contribution in [0.4, 0.5) is 0 Å². The molecule has 0 saturated carbocycles. The molecule has 2 heterocycles. The third kappa shape index (κ3) is 2.06. The molecule has 1 aliphatic rings. The lowest BCUT2D eigenvalue weighted by Gasteiger charge is -2.11. The average molecular weight is 229 g/mol.